The minimum Gasteiger partial charge on any atom is -0.489 e. The minimum absolute atomic E-state index is 0.0760. The lowest BCUT2D eigenvalue weighted by Crippen LogP contribution is -2.24. The van der Waals surface area contributed by atoms with Gasteiger partial charge in [-0.15, -0.1) is 0 Å². The molecule has 0 aliphatic rings. The Morgan fingerprint density at radius 1 is 0.686 bits per heavy atom. The molecule has 6 heteroatoms. The molecular weight excluding hydrogens is 438 g/mol. The molecule has 176 valence electrons. The summed E-state index contributed by atoms with van der Waals surface area (Å²) in [5.74, 6) is 0.298. The molecule has 4 aromatic carbocycles. The maximum atomic E-state index is 12.5. The molecule has 0 aromatic heterocycles. The van der Waals surface area contributed by atoms with E-state index in [0.29, 0.717) is 30.2 Å². The molecule has 0 saturated carbocycles. The molecule has 35 heavy (non-hydrogen) atoms. The van der Waals surface area contributed by atoms with Crippen molar-refractivity contribution in [1.82, 2.24) is 5.32 Å². The van der Waals surface area contributed by atoms with E-state index < -0.39 is 0 Å². The second kappa shape index (κ2) is 12.0. The molecule has 0 fully saturated rings. The average Bonchev–Trinajstić information content (AvgIpc) is 2.91. The monoisotopic (exact) mass is 465 g/mol. The van der Waals surface area contributed by atoms with Crippen LogP contribution in [-0.4, -0.2) is 18.4 Å². The molecule has 0 bridgehead atoms. The van der Waals surface area contributed by atoms with Gasteiger partial charge in [0, 0.05) is 29.5 Å². The third kappa shape index (κ3) is 7.47. The lowest BCUT2D eigenvalue weighted by Gasteiger charge is -2.11. The van der Waals surface area contributed by atoms with Gasteiger partial charge < -0.3 is 20.7 Å². The van der Waals surface area contributed by atoms with E-state index >= 15 is 0 Å². The molecule has 2 amide bonds. The molecule has 4 aromatic rings. The molecule has 0 aliphatic heterocycles. The van der Waals surface area contributed by atoms with Crippen molar-refractivity contribution in [3.8, 4) is 5.75 Å². The quantitative estimate of drug-likeness (QED) is 0.299. The maximum Gasteiger partial charge on any atom is 0.251 e. The lowest BCUT2D eigenvalue weighted by molar-refractivity contribution is -0.114. The fourth-order valence-electron chi connectivity index (χ4n) is 3.44. The van der Waals surface area contributed by atoms with Gasteiger partial charge in [0.15, 0.2) is 0 Å². The predicted molar refractivity (Wildman–Crippen MR) is 138 cm³/mol. The number of anilines is 2. The Morgan fingerprint density at radius 2 is 1.37 bits per heavy atom. The Kier molecular flexibility index (Phi) is 8.11. The molecule has 3 N–H and O–H groups in total. The van der Waals surface area contributed by atoms with Crippen molar-refractivity contribution in [2.24, 2.45) is 0 Å². The van der Waals surface area contributed by atoms with Crippen LogP contribution in [0.25, 0.3) is 0 Å². The first-order chi connectivity index (χ1) is 17.2. The summed E-state index contributed by atoms with van der Waals surface area (Å²) in [6, 6.07) is 34.0. The van der Waals surface area contributed by atoms with Crippen molar-refractivity contribution < 1.29 is 14.3 Å². The molecule has 0 radical (unpaired) electrons. The molecule has 0 aliphatic carbocycles. The average molecular weight is 466 g/mol. The summed E-state index contributed by atoms with van der Waals surface area (Å²) in [5, 5.41) is 8.83. The summed E-state index contributed by atoms with van der Waals surface area (Å²) < 4.78 is 5.84. The van der Waals surface area contributed by atoms with Gasteiger partial charge in [-0.25, -0.2) is 0 Å². The van der Waals surface area contributed by atoms with Gasteiger partial charge in [0.05, 0.1) is 6.54 Å². The number of hydrogen-bond donors (Lipinski definition) is 3. The Balaban J connectivity index is 1.26. The number of amides is 2. The number of benzene rings is 4. The number of carbonyl (C=O) groups excluding carboxylic acids is 2. The zero-order chi connectivity index (χ0) is 24.3. The van der Waals surface area contributed by atoms with Crippen LogP contribution in [0.5, 0.6) is 5.75 Å². The zero-order valence-electron chi connectivity index (χ0n) is 19.2. The van der Waals surface area contributed by atoms with Gasteiger partial charge in [-0.2, -0.15) is 0 Å². The van der Waals surface area contributed by atoms with Gasteiger partial charge >= 0.3 is 0 Å². The summed E-state index contributed by atoms with van der Waals surface area (Å²) in [4.78, 5) is 25.0. The van der Waals surface area contributed by atoms with Crippen LogP contribution in [0.1, 0.15) is 21.5 Å². The molecule has 0 spiro atoms. The third-order valence-corrected chi connectivity index (χ3v) is 5.24. The van der Waals surface area contributed by atoms with Crippen molar-refractivity contribution in [3.63, 3.8) is 0 Å². The number of hydrogen-bond acceptors (Lipinski definition) is 4. The van der Waals surface area contributed by atoms with E-state index in [1.807, 2.05) is 84.9 Å². The number of nitrogens with one attached hydrogen (secondary N) is 3. The molecule has 0 atom stereocenters. The summed E-state index contributed by atoms with van der Waals surface area (Å²) >= 11 is 0. The van der Waals surface area contributed by atoms with Crippen molar-refractivity contribution in [1.29, 1.82) is 0 Å². The highest BCUT2D eigenvalue weighted by Gasteiger charge is 2.08. The molecular formula is C29H27N3O3. The predicted octanol–water partition coefficient (Wildman–Crippen LogP) is 5.25. The van der Waals surface area contributed by atoms with E-state index in [1.54, 1.807) is 24.3 Å². The maximum absolute atomic E-state index is 12.5. The van der Waals surface area contributed by atoms with Crippen LogP contribution in [-0.2, 0) is 17.9 Å². The zero-order valence-corrected chi connectivity index (χ0v) is 19.2. The second-order valence-corrected chi connectivity index (χ2v) is 7.95. The van der Waals surface area contributed by atoms with Crippen molar-refractivity contribution in [2.75, 3.05) is 17.2 Å². The molecule has 6 nitrogen and oxygen atoms in total. The molecule has 0 unspecified atom stereocenters. The van der Waals surface area contributed by atoms with Crippen LogP contribution >= 0.6 is 0 Å². The van der Waals surface area contributed by atoms with Gasteiger partial charge in [-0.1, -0.05) is 72.8 Å². The van der Waals surface area contributed by atoms with E-state index in [9.17, 15) is 9.59 Å². The van der Waals surface area contributed by atoms with Crippen LogP contribution in [0.3, 0.4) is 0 Å². The van der Waals surface area contributed by atoms with Gasteiger partial charge in [-0.05, 0) is 41.5 Å². The van der Waals surface area contributed by atoms with E-state index in [4.69, 9.17) is 4.74 Å². The van der Waals surface area contributed by atoms with Crippen molar-refractivity contribution in [2.45, 2.75) is 13.2 Å². The van der Waals surface area contributed by atoms with Crippen molar-refractivity contribution in [3.05, 3.63) is 126 Å². The van der Waals surface area contributed by atoms with E-state index in [-0.39, 0.29) is 18.4 Å². The van der Waals surface area contributed by atoms with E-state index in [1.165, 1.54) is 0 Å². The first-order valence-corrected chi connectivity index (χ1v) is 11.4. The highest BCUT2D eigenvalue weighted by molar-refractivity contribution is 5.98. The Morgan fingerprint density at radius 3 is 2.14 bits per heavy atom. The highest BCUT2D eigenvalue weighted by atomic mass is 16.5. The van der Waals surface area contributed by atoms with Gasteiger partial charge in [-0.3, -0.25) is 9.59 Å². The van der Waals surface area contributed by atoms with Crippen molar-refractivity contribution >= 4 is 23.2 Å². The summed E-state index contributed by atoms with van der Waals surface area (Å²) in [6.45, 7) is 0.987. The van der Waals surface area contributed by atoms with Crippen LogP contribution in [0.2, 0.25) is 0 Å². The fourth-order valence-corrected chi connectivity index (χ4v) is 3.44. The van der Waals surface area contributed by atoms with E-state index in [0.717, 1.165) is 16.8 Å². The minimum atomic E-state index is -0.220. The summed E-state index contributed by atoms with van der Waals surface area (Å²) in [7, 11) is 0. The highest BCUT2D eigenvalue weighted by Crippen LogP contribution is 2.19. The van der Waals surface area contributed by atoms with Crippen LogP contribution in [0, 0.1) is 0 Å². The number of rotatable bonds is 10. The van der Waals surface area contributed by atoms with E-state index in [2.05, 4.69) is 16.0 Å². The van der Waals surface area contributed by atoms with Crippen LogP contribution in [0.4, 0.5) is 11.4 Å². The smallest absolute Gasteiger partial charge is 0.251 e. The molecule has 4 rings (SSSR count). The SMILES string of the molecule is O=C(CNc1cccc(OCc2ccccc2)c1)Nc1cccc(C(=O)NCc2ccccc2)c1. The first kappa shape index (κ1) is 23.6. The van der Waals surface area contributed by atoms with Crippen LogP contribution in [0.15, 0.2) is 109 Å². The fraction of sp³-hybridized carbons (Fsp3) is 0.103. The normalized spacial score (nSPS) is 10.3. The number of carbonyl (C=O) groups is 2. The lowest BCUT2D eigenvalue weighted by atomic mass is 10.1. The Labute approximate surface area is 205 Å². The largest absolute Gasteiger partial charge is 0.489 e. The van der Waals surface area contributed by atoms with Gasteiger partial charge in [0.2, 0.25) is 5.91 Å². The summed E-state index contributed by atoms with van der Waals surface area (Å²) in [6.07, 6.45) is 0. The summed E-state index contributed by atoms with van der Waals surface area (Å²) in [5.41, 5.74) is 3.92. The standard InChI is InChI=1S/C29H27N3O3/c33-28(20-30-25-14-8-16-27(18-25)35-21-23-11-5-2-6-12-23)32-26-15-7-13-24(17-26)29(34)31-19-22-9-3-1-4-10-22/h1-18,30H,19-21H2,(H,31,34)(H,32,33). The Bertz CT molecular complexity index is 1260. The second-order valence-electron chi connectivity index (χ2n) is 7.95. The topological polar surface area (TPSA) is 79.5 Å². The third-order valence-electron chi connectivity index (χ3n) is 5.24. The Hall–Kier alpha value is -4.58. The molecule has 0 saturated heterocycles. The van der Waals surface area contributed by atoms with Gasteiger partial charge in [0.25, 0.3) is 5.91 Å². The van der Waals surface area contributed by atoms with Crippen LogP contribution < -0.4 is 20.7 Å². The van der Waals surface area contributed by atoms with Gasteiger partial charge in [0.1, 0.15) is 12.4 Å². The molecule has 0 heterocycles. The number of ether oxygens (including phenoxy) is 1. The first-order valence-electron chi connectivity index (χ1n) is 11.4.